The molecule has 0 saturated heterocycles. The zero-order valence-electron chi connectivity index (χ0n) is 19.0. The number of amides is 2. The quantitative estimate of drug-likeness (QED) is 0.506. The van der Waals surface area contributed by atoms with E-state index in [0.29, 0.717) is 5.56 Å². The molecule has 1 aromatic heterocycles. The maximum absolute atomic E-state index is 12.7. The van der Waals surface area contributed by atoms with Crippen molar-refractivity contribution in [2.45, 2.75) is 32.2 Å². The summed E-state index contributed by atoms with van der Waals surface area (Å²) in [5.41, 5.74) is 4.07. The number of hydrogen-bond donors (Lipinski definition) is 2. The number of aryl methyl sites for hydroxylation is 3. The van der Waals surface area contributed by atoms with Gasteiger partial charge in [-0.05, 0) is 67.6 Å². The van der Waals surface area contributed by atoms with Gasteiger partial charge in [0, 0.05) is 29.7 Å². The molecule has 0 unspecified atom stereocenters. The highest BCUT2D eigenvalue weighted by Crippen LogP contribution is 2.22. The molecule has 3 aromatic rings. The molecule has 0 aliphatic rings. The minimum Gasteiger partial charge on any atom is -0.332 e. The fourth-order valence-electron chi connectivity index (χ4n) is 3.50. The third-order valence-electron chi connectivity index (χ3n) is 5.10. The molecule has 2 aromatic carbocycles. The van der Waals surface area contributed by atoms with Crippen molar-refractivity contribution in [2.24, 2.45) is 0 Å². The molecule has 0 fully saturated rings. The van der Waals surface area contributed by atoms with Gasteiger partial charge in [-0.2, -0.15) is 0 Å². The molecule has 174 valence electrons. The van der Waals surface area contributed by atoms with E-state index in [-0.39, 0.29) is 29.8 Å². The number of nitrogens with zero attached hydrogens (tertiary/aromatic N) is 1. The van der Waals surface area contributed by atoms with Crippen LogP contribution in [0.25, 0.3) is 0 Å². The van der Waals surface area contributed by atoms with Gasteiger partial charge in [0.05, 0.1) is 11.4 Å². The molecule has 0 spiro atoms. The maximum Gasteiger partial charge on any atom is 0.254 e. The highest BCUT2D eigenvalue weighted by molar-refractivity contribution is 7.89. The van der Waals surface area contributed by atoms with Crippen LogP contribution < -0.4 is 10.0 Å². The Bertz CT molecular complexity index is 1230. The van der Waals surface area contributed by atoms with Crippen molar-refractivity contribution in [3.8, 4) is 0 Å². The Kier molecular flexibility index (Phi) is 7.68. The Balaban J connectivity index is 1.61. The Morgan fingerprint density at radius 3 is 2.21 bits per heavy atom. The van der Waals surface area contributed by atoms with Gasteiger partial charge in [0.1, 0.15) is 0 Å². The second-order valence-corrected chi connectivity index (χ2v) is 10.7. The first-order valence-corrected chi connectivity index (χ1v) is 12.7. The van der Waals surface area contributed by atoms with Crippen LogP contribution in [0.1, 0.15) is 31.9 Å². The highest BCUT2D eigenvalue weighted by atomic mass is 32.2. The van der Waals surface area contributed by atoms with Crippen molar-refractivity contribution in [3.05, 3.63) is 81.0 Å². The van der Waals surface area contributed by atoms with Crippen LogP contribution in [0.3, 0.4) is 0 Å². The van der Waals surface area contributed by atoms with Gasteiger partial charge < -0.3 is 10.2 Å². The summed E-state index contributed by atoms with van der Waals surface area (Å²) < 4.78 is 27.5. The van der Waals surface area contributed by atoms with Gasteiger partial charge >= 0.3 is 0 Å². The fraction of sp³-hybridized carbons (Fsp3) is 0.250. The molecule has 1 heterocycles. The van der Waals surface area contributed by atoms with Gasteiger partial charge in [-0.1, -0.05) is 23.8 Å². The SMILES string of the molecule is Cc1cc(C)c(NC(=O)CN(C)C(=O)c2ccc(S(=O)(=O)NCc3cccs3)cc2)c(C)c1. The van der Waals surface area contributed by atoms with Crippen LogP contribution in [0.5, 0.6) is 0 Å². The van der Waals surface area contributed by atoms with Crippen LogP contribution >= 0.6 is 11.3 Å². The standard InChI is InChI=1S/C24H27N3O4S2/c1-16-12-17(2)23(18(3)13-16)26-22(28)15-27(4)24(29)19-7-9-21(10-8-19)33(30,31)25-14-20-6-5-11-32-20/h5-13,25H,14-15H2,1-4H3,(H,26,28). The predicted octanol–water partition coefficient (Wildman–Crippen LogP) is 3.86. The molecular weight excluding hydrogens is 458 g/mol. The first kappa shape index (κ1) is 24.6. The summed E-state index contributed by atoms with van der Waals surface area (Å²) >= 11 is 1.47. The van der Waals surface area contributed by atoms with E-state index in [1.165, 1.54) is 47.5 Å². The zero-order valence-corrected chi connectivity index (χ0v) is 20.6. The Labute approximate surface area is 198 Å². The number of rotatable bonds is 8. The molecule has 9 heteroatoms. The number of anilines is 1. The van der Waals surface area contributed by atoms with Crippen molar-refractivity contribution < 1.29 is 18.0 Å². The summed E-state index contributed by atoms with van der Waals surface area (Å²) in [5, 5.41) is 4.76. The molecule has 0 atom stereocenters. The van der Waals surface area contributed by atoms with E-state index in [0.717, 1.165) is 27.3 Å². The van der Waals surface area contributed by atoms with Gasteiger partial charge in [0.15, 0.2) is 0 Å². The summed E-state index contributed by atoms with van der Waals surface area (Å²) in [7, 11) is -2.16. The minimum absolute atomic E-state index is 0.0707. The van der Waals surface area contributed by atoms with Crippen LogP contribution in [-0.2, 0) is 21.4 Å². The average Bonchev–Trinajstić information content (AvgIpc) is 3.28. The molecule has 2 amide bonds. The topological polar surface area (TPSA) is 95.6 Å². The van der Waals surface area contributed by atoms with E-state index in [1.807, 2.05) is 50.4 Å². The van der Waals surface area contributed by atoms with Crippen molar-refractivity contribution in [2.75, 3.05) is 18.9 Å². The summed E-state index contributed by atoms with van der Waals surface area (Å²) in [6.07, 6.45) is 0. The number of sulfonamides is 1. The van der Waals surface area contributed by atoms with E-state index in [9.17, 15) is 18.0 Å². The lowest BCUT2D eigenvalue weighted by atomic mass is 10.1. The number of benzene rings is 2. The fourth-order valence-corrected chi connectivity index (χ4v) is 5.25. The minimum atomic E-state index is -3.70. The Morgan fingerprint density at radius 1 is 1.00 bits per heavy atom. The smallest absolute Gasteiger partial charge is 0.254 e. The second-order valence-electron chi connectivity index (χ2n) is 7.91. The average molecular weight is 486 g/mol. The van der Waals surface area contributed by atoms with Crippen LogP contribution in [-0.4, -0.2) is 38.7 Å². The van der Waals surface area contributed by atoms with Gasteiger partial charge in [-0.25, -0.2) is 13.1 Å². The highest BCUT2D eigenvalue weighted by Gasteiger charge is 2.19. The zero-order chi connectivity index (χ0) is 24.2. The van der Waals surface area contributed by atoms with Crippen molar-refractivity contribution in [1.82, 2.24) is 9.62 Å². The number of hydrogen-bond acceptors (Lipinski definition) is 5. The molecule has 3 rings (SSSR count). The molecule has 0 aliphatic heterocycles. The number of likely N-dealkylation sites (N-methyl/N-ethyl adjacent to an activating group) is 1. The predicted molar refractivity (Wildman–Crippen MR) is 131 cm³/mol. The van der Waals surface area contributed by atoms with Crippen molar-refractivity contribution >= 4 is 38.9 Å². The lowest BCUT2D eigenvalue weighted by Gasteiger charge is -2.19. The van der Waals surface area contributed by atoms with Gasteiger partial charge in [-0.15, -0.1) is 11.3 Å². The van der Waals surface area contributed by atoms with Gasteiger partial charge in [0.25, 0.3) is 5.91 Å². The van der Waals surface area contributed by atoms with E-state index in [4.69, 9.17) is 0 Å². The summed E-state index contributed by atoms with van der Waals surface area (Å²) in [6, 6.07) is 13.4. The van der Waals surface area contributed by atoms with Crippen LogP contribution in [0.2, 0.25) is 0 Å². The molecular formula is C24H27N3O4S2. The Hall–Kier alpha value is -3.01. The first-order chi connectivity index (χ1) is 15.6. The number of carbonyl (C=O) groups excluding carboxylic acids is 2. The third-order valence-corrected chi connectivity index (χ3v) is 7.39. The number of thiophene rings is 1. The number of nitrogens with one attached hydrogen (secondary N) is 2. The van der Waals surface area contributed by atoms with Crippen LogP contribution in [0.4, 0.5) is 5.69 Å². The van der Waals surface area contributed by atoms with E-state index in [1.54, 1.807) is 0 Å². The van der Waals surface area contributed by atoms with Gasteiger partial charge in [-0.3, -0.25) is 9.59 Å². The second kappa shape index (κ2) is 10.3. The van der Waals surface area contributed by atoms with Crippen molar-refractivity contribution in [1.29, 1.82) is 0 Å². The largest absolute Gasteiger partial charge is 0.332 e. The summed E-state index contributed by atoms with van der Waals surface area (Å²) in [4.78, 5) is 27.5. The molecule has 2 N–H and O–H groups in total. The summed E-state index contributed by atoms with van der Waals surface area (Å²) in [6.45, 7) is 5.92. The lowest BCUT2D eigenvalue weighted by molar-refractivity contribution is -0.116. The lowest BCUT2D eigenvalue weighted by Crippen LogP contribution is -2.35. The monoisotopic (exact) mass is 485 g/mol. The molecule has 0 bridgehead atoms. The van der Waals surface area contributed by atoms with E-state index in [2.05, 4.69) is 10.0 Å². The third kappa shape index (κ3) is 6.28. The number of carbonyl (C=O) groups is 2. The Morgan fingerprint density at radius 2 is 1.64 bits per heavy atom. The van der Waals surface area contributed by atoms with E-state index >= 15 is 0 Å². The normalized spacial score (nSPS) is 11.3. The van der Waals surface area contributed by atoms with Crippen LogP contribution in [0, 0.1) is 20.8 Å². The van der Waals surface area contributed by atoms with Crippen molar-refractivity contribution in [3.63, 3.8) is 0 Å². The molecule has 0 saturated carbocycles. The van der Waals surface area contributed by atoms with Gasteiger partial charge in [0.2, 0.25) is 15.9 Å². The molecule has 0 aliphatic carbocycles. The van der Waals surface area contributed by atoms with Crippen LogP contribution in [0.15, 0.2) is 58.8 Å². The summed E-state index contributed by atoms with van der Waals surface area (Å²) in [5.74, 6) is -0.684. The first-order valence-electron chi connectivity index (χ1n) is 10.3. The maximum atomic E-state index is 12.7. The molecule has 33 heavy (non-hydrogen) atoms. The molecule has 7 nitrogen and oxygen atoms in total. The van der Waals surface area contributed by atoms with E-state index < -0.39 is 10.0 Å². The molecule has 0 radical (unpaired) electrons.